The van der Waals surface area contributed by atoms with Crippen molar-refractivity contribution < 1.29 is 0 Å². The van der Waals surface area contributed by atoms with Crippen LogP contribution in [0, 0.1) is 5.92 Å². The third-order valence-corrected chi connectivity index (χ3v) is 2.98. The fraction of sp³-hybridized carbons (Fsp3) is 0.583. The van der Waals surface area contributed by atoms with Gasteiger partial charge in [-0.1, -0.05) is 31.9 Å². The number of rotatable bonds is 5. The minimum atomic E-state index is 0.584. The Bertz CT molecular complexity index is 341. The fourth-order valence-electron chi connectivity index (χ4n) is 1.58. The number of nitrogens with two attached hydrogens (primary N) is 1. The SMILES string of the molecule is CCC(C)CN(CC)c1ncc(Cl)cc1N. The number of hydrogen-bond acceptors (Lipinski definition) is 3. The molecule has 0 spiro atoms. The Labute approximate surface area is 103 Å². The summed E-state index contributed by atoms with van der Waals surface area (Å²) >= 11 is 5.84. The molecule has 0 aliphatic carbocycles. The Kier molecular flexibility index (Phi) is 4.87. The quantitative estimate of drug-likeness (QED) is 0.861. The Morgan fingerprint density at radius 2 is 2.19 bits per heavy atom. The highest BCUT2D eigenvalue weighted by Gasteiger charge is 2.12. The second-order valence-electron chi connectivity index (χ2n) is 4.12. The summed E-state index contributed by atoms with van der Waals surface area (Å²) in [5.41, 5.74) is 6.58. The zero-order valence-corrected chi connectivity index (χ0v) is 11.0. The molecule has 0 amide bonds. The van der Waals surface area contributed by atoms with Crippen LogP contribution >= 0.6 is 11.6 Å². The van der Waals surface area contributed by atoms with E-state index < -0.39 is 0 Å². The van der Waals surface area contributed by atoms with Gasteiger partial charge in [0, 0.05) is 19.3 Å². The molecule has 2 N–H and O–H groups in total. The fourth-order valence-corrected chi connectivity index (χ4v) is 1.75. The Hall–Kier alpha value is -0.960. The first kappa shape index (κ1) is 13.1. The molecule has 0 radical (unpaired) electrons. The highest BCUT2D eigenvalue weighted by atomic mass is 35.5. The summed E-state index contributed by atoms with van der Waals surface area (Å²) in [5, 5.41) is 0.584. The molecule has 1 atom stereocenters. The minimum absolute atomic E-state index is 0.584. The van der Waals surface area contributed by atoms with Crippen molar-refractivity contribution in [3.8, 4) is 0 Å². The first-order valence-corrected chi connectivity index (χ1v) is 6.12. The van der Waals surface area contributed by atoms with E-state index in [-0.39, 0.29) is 0 Å². The van der Waals surface area contributed by atoms with Crippen molar-refractivity contribution in [2.24, 2.45) is 5.92 Å². The maximum atomic E-state index is 5.93. The van der Waals surface area contributed by atoms with E-state index in [1.54, 1.807) is 12.3 Å². The smallest absolute Gasteiger partial charge is 0.151 e. The lowest BCUT2D eigenvalue weighted by Gasteiger charge is -2.26. The van der Waals surface area contributed by atoms with E-state index in [4.69, 9.17) is 17.3 Å². The molecule has 0 aromatic carbocycles. The summed E-state index contributed by atoms with van der Waals surface area (Å²) < 4.78 is 0. The molecule has 1 aromatic rings. The molecule has 3 nitrogen and oxygen atoms in total. The van der Waals surface area contributed by atoms with Gasteiger partial charge in [0.15, 0.2) is 5.82 Å². The molecule has 1 aromatic heterocycles. The second-order valence-corrected chi connectivity index (χ2v) is 4.55. The topological polar surface area (TPSA) is 42.2 Å². The van der Waals surface area contributed by atoms with Crippen molar-refractivity contribution in [2.75, 3.05) is 23.7 Å². The molecule has 0 saturated heterocycles. The Balaban J connectivity index is 2.86. The predicted octanol–water partition coefficient (Wildman–Crippen LogP) is 3.19. The van der Waals surface area contributed by atoms with Crippen LogP contribution in [-0.4, -0.2) is 18.1 Å². The van der Waals surface area contributed by atoms with Gasteiger partial charge in [-0.15, -0.1) is 0 Å². The molecule has 1 unspecified atom stereocenters. The van der Waals surface area contributed by atoms with E-state index in [1.807, 2.05) is 0 Å². The number of aromatic nitrogens is 1. The third-order valence-electron chi connectivity index (χ3n) is 2.77. The van der Waals surface area contributed by atoms with Crippen molar-refractivity contribution in [1.82, 2.24) is 4.98 Å². The maximum Gasteiger partial charge on any atom is 0.151 e. The molecule has 90 valence electrons. The lowest BCUT2D eigenvalue weighted by atomic mass is 10.1. The molecular formula is C12H20ClN3. The van der Waals surface area contributed by atoms with Crippen molar-refractivity contribution in [2.45, 2.75) is 27.2 Å². The lowest BCUT2D eigenvalue weighted by Crippen LogP contribution is -2.29. The Morgan fingerprint density at radius 1 is 1.50 bits per heavy atom. The molecule has 0 bridgehead atoms. The largest absolute Gasteiger partial charge is 0.396 e. The van der Waals surface area contributed by atoms with Crippen LogP contribution in [0.3, 0.4) is 0 Å². The molecule has 0 fully saturated rings. The van der Waals surface area contributed by atoms with Crippen LogP contribution in [0.15, 0.2) is 12.3 Å². The van der Waals surface area contributed by atoms with Crippen LogP contribution < -0.4 is 10.6 Å². The van der Waals surface area contributed by atoms with Crippen LogP contribution in [0.4, 0.5) is 11.5 Å². The van der Waals surface area contributed by atoms with Crippen molar-refractivity contribution >= 4 is 23.1 Å². The summed E-state index contributed by atoms with van der Waals surface area (Å²) in [6, 6.07) is 1.75. The van der Waals surface area contributed by atoms with Crippen LogP contribution in [0.2, 0.25) is 5.02 Å². The lowest BCUT2D eigenvalue weighted by molar-refractivity contribution is 0.546. The van der Waals surface area contributed by atoms with Gasteiger partial charge in [-0.3, -0.25) is 0 Å². The van der Waals surface area contributed by atoms with Crippen LogP contribution in [0.25, 0.3) is 0 Å². The van der Waals surface area contributed by atoms with Gasteiger partial charge in [-0.2, -0.15) is 0 Å². The Morgan fingerprint density at radius 3 is 2.69 bits per heavy atom. The first-order valence-electron chi connectivity index (χ1n) is 5.74. The maximum absolute atomic E-state index is 5.93. The minimum Gasteiger partial charge on any atom is -0.396 e. The van der Waals surface area contributed by atoms with Gasteiger partial charge in [0.05, 0.1) is 10.7 Å². The number of hydrogen-bond donors (Lipinski definition) is 1. The van der Waals surface area contributed by atoms with Crippen LogP contribution in [0.5, 0.6) is 0 Å². The van der Waals surface area contributed by atoms with E-state index in [9.17, 15) is 0 Å². The van der Waals surface area contributed by atoms with Gasteiger partial charge >= 0.3 is 0 Å². The van der Waals surface area contributed by atoms with Crippen LogP contribution in [0.1, 0.15) is 27.2 Å². The molecule has 1 heterocycles. The highest BCUT2D eigenvalue weighted by Crippen LogP contribution is 2.24. The summed E-state index contributed by atoms with van der Waals surface area (Å²) in [5.74, 6) is 1.48. The highest BCUT2D eigenvalue weighted by molar-refractivity contribution is 6.30. The molecule has 1 rings (SSSR count). The number of halogens is 1. The van der Waals surface area contributed by atoms with E-state index in [1.165, 1.54) is 0 Å². The van der Waals surface area contributed by atoms with E-state index in [0.29, 0.717) is 16.6 Å². The number of pyridine rings is 1. The van der Waals surface area contributed by atoms with Gasteiger partial charge < -0.3 is 10.6 Å². The summed E-state index contributed by atoms with van der Waals surface area (Å²) in [7, 11) is 0. The number of nitrogen functional groups attached to an aromatic ring is 1. The summed E-state index contributed by atoms with van der Waals surface area (Å²) in [6.45, 7) is 8.42. The normalized spacial score (nSPS) is 12.5. The van der Waals surface area contributed by atoms with Gasteiger partial charge in [0.2, 0.25) is 0 Å². The standard InChI is InChI=1S/C12H20ClN3/c1-4-9(3)8-16(5-2)12-11(14)6-10(13)7-15-12/h6-7,9H,4-5,8,14H2,1-3H3. The van der Waals surface area contributed by atoms with Gasteiger partial charge in [0.25, 0.3) is 0 Å². The molecular weight excluding hydrogens is 222 g/mol. The molecule has 0 saturated carbocycles. The summed E-state index contributed by atoms with van der Waals surface area (Å²) in [4.78, 5) is 6.50. The average Bonchev–Trinajstić information content (AvgIpc) is 2.26. The van der Waals surface area contributed by atoms with E-state index >= 15 is 0 Å². The molecule has 0 aliphatic heterocycles. The molecule has 4 heteroatoms. The van der Waals surface area contributed by atoms with Crippen molar-refractivity contribution in [3.63, 3.8) is 0 Å². The molecule has 0 aliphatic rings. The van der Waals surface area contributed by atoms with Crippen molar-refractivity contribution in [1.29, 1.82) is 0 Å². The van der Waals surface area contributed by atoms with Gasteiger partial charge in [-0.25, -0.2) is 4.98 Å². The third kappa shape index (κ3) is 3.27. The first-order chi connectivity index (χ1) is 7.58. The number of nitrogens with zero attached hydrogens (tertiary/aromatic N) is 2. The monoisotopic (exact) mass is 241 g/mol. The van der Waals surface area contributed by atoms with E-state index in [0.717, 1.165) is 25.3 Å². The summed E-state index contributed by atoms with van der Waals surface area (Å²) in [6.07, 6.45) is 2.80. The number of anilines is 2. The van der Waals surface area contributed by atoms with Crippen molar-refractivity contribution in [3.05, 3.63) is 17.3 Å². The van der Waals surface area contributed by atoms with Crippen LogP contribution in [-0.2, 0) is 0 Å². The molecule has 16 heavy (non-hydrogen) atoms. The zero-order chi connectivity index (χ0) is 12.1. The van der Waals surface area contributed by atoms with E-state index in [2.05, 4.69) is 30.7 Å². The predicted molar refractivity (Wildman–Crippen MR) is 71.0 cm³/mol. The average molecular weight is 242 g/mol. The van der Waals surface area contributed by atoms with Gasteiger partial charge in [0.1, 0.15) is 0 Å². The zero-order valence-electron chi connectivity index (χ0n) is 10.2. The van der Waals surface area contributed by atoms with Gasteiger partial charge in [-0.05, 0) is 18.9 Å². The second kappa shape index (κ2) is 5.94.